The SMILES string of the molecule is O=C(NC1CCN(C(=O)O)CC1)c1ccc2[nH]c3c(c2c1)CN(c1ccc(F)cc1)CC3. The highest BCUT2D eigenvalue weighted by Gasteiger charge is 2.25. The number of fused-ring (bicyclic) bond motifs is 3. The van der Waals surface area contributed by atoms with Crippen molar-refractivity contribution in [3.05, 3.63) is 65.1 Å². The van der Waals surface area contributed by atoms with Crippen LogP contribution in [0, 0.1) is 5.82 Å². The van der Waals surface area contributed by atoms with Gasteiger partial charge in [-0.3, -0.25) is 4.79 Å². The predicted molar refractivity (Wildman–Crippen MR) is 120 cm³/mol. The Labute approximate surface area is 184 Å². The normalized spacial score (nSPS) is 16.8. The van der Waals surface area contributed by atoms with E-state index in [9.17, 15) is 14.0 Å². The second kappa shape index (κ2) is 8.18. The van der Waals surface area contributed by atoms with Crippen LogP contribution in [0.1, 0.15) is 34.5 Å². The number of carbonyl (C=O) groups is 2. The smallest absolute Gasteiger partial charge is 0.407 e. The topological polar surface area (TPSA) is 88.7 Å². The number of nitrogens with zero attached hydrogens (tertiary/aromatic N) is 2. The van der Waals surface area contributed by atoms with Gasteiger partial charge < -0.3 is 25.2 Å². The summed E-state index contributed by atoms with van der Waals surface area (Å²) in [7, 11) is 0. The average molecular weight is 436 g/mol. The minimum atomic E-state index is -0.910. The molecule has 3 N–H and O–H groups in total. The van der Waals surface area contributed by atoms with Gasteiger partial charge in [-0.2, -0.15) is 0 Å². The fraction of sp³-hybridized carbons (Fsp3) is 0.333. The fourth-order valence-corrected chi connectivity index (χ4v) is 4.71. The number of H-pyrrole nitrogens is 1. The number of amides is 2. The monoisotopic (exact) mass is 436 g/mol. The molecule has 8 heteroatoms. The van der Waals surface area contributed by atoms with Crippen LogP contribution in [-0.4, -0.2) is 52.7 Å². The van der Waals surface area contributed by atoms with E-state index >= 15 is 0 Å². The van der Waals surface area contributed by atoms with Gasteiger partial charge in [0.1, 0.15) is 5.82 Å². The van der Waals surface area contributed by atoms with Gasteiger partial charge in [-0.15, -0.1) is 0 Å². The van der Waals surface area contributed by atoms with E-state index in [2.05, 4.69) is 15.2 Å². The van der Waals surface area contributed by atoms with Crippen LogP contribution in [0.25, 0.3) is 10.9 Å². The van der Waals surface area contributed by atoms with Crippen molar-refractivity contribution in [3.8, 4) is 0 Å². The van der Waals surface area contributed by atoms with Crippen molar-refractivity contribution < 1.29 is 19.1 Å². The molecule has 0 aliphatic carbocycles. The lowest BCUT2D eigenvalue weighted by Crippen LogP contribution is -2.46. The zero-order valence-electron chi connectivity index (χ0n) is 17.6. The van der Waals surface area contributed by atoms with Crippen LogP contribution in [0.5, 0.6) is 0 Å². The fourth-order valence-electron chi connectivity index (χ4n) is 4.71. The molecule has 7 nitrogen and oxygen atoms in total. The standard InChI is InChI=1S/C24H25FN4O3/c25-16-2-4-18(5-3-16)29-12-9-22-20(14-29)19-13-15(1-6-21(19)27-22)23(30)26-17-7-10-28(11-8-17)24(31)32/h1-6,13,17,27H,7-12,14H2,(H,26,30)(H,31,32). The van der Waals surface area contributed by atoms with E-state index in [4.69, 9.17) is 5.11 Å². The third-order valence-corrected chi connectivity index (χ3v) is 6.53. The highest BCUT2D eigenvalue weighted by atomic mass is 19.1. The van der Waals surface area contributed by atoms with Gasteiger partial charge in [0.2, 0.25) is 0 Å². The van der Waals surface area contributed by atoms with Crippen molar-refractivity contribution in [3.63, 3.8) is 0 Å². The van der Waals surface area contributed by atoms with Crippen LogP contribution in [0.2, 0.25) is 0 Å². The summed E-state index contributed by atoms with van der Waals surface area (Å²) in [6.07, 6.45) is 1.18. The van der Waals surface area contributed by atoms with E-state index in [1.54, 1.807) is 12.1 Å². The van der Waals surface area contributed by atoms with E-state index < -0.39 is 6.09 Å². The number of rotatable bonds is 3. The highest BCUT2D eigenvalue weighted by molar-refractivity contribution is 5.99. The van der Waals surface area contributed by atoms with Crippen LogP contribution in [0.3, 0.4) is 0 Å². The van der Waals surface area contributed by atoms with Crippen molar-refractivity contribution in [1.29, 1.82) is 0 Å². The van der Waals surface area contributed by atoms with Crippen LogP contribution in [-0.2, 0) is 13.0 Å². The lowest BCUT2D eigenvalue weighted by atomic mass is 10.0. The second-order valence-electron chi connectivity index (χ2n) is 8.51. The molecule has 2 aromatic carbocycles. The molecule has 1 aromatic heterocycles. The number of halogens is 1. The van der Waals surface area contributed by atoms with Gasteiger partial charge in [0, 0.05) is 72.1 Å². The first-order valence-electron chi connectivity index (χ1n) is 10.9. The predicted octanol–water partition coefficient (Wildman–Crippen LogP) is 3.74. The van der Waals surface area contributed by atoms with Crippen molar-refractivity contribution in [2.24, 2.45) is 0 Å². The molecule has 2 amide bonds. The zero-order valence-corrected chi connectivity index (χ0v) is 17.6. The Kier molecular flexibility index (Phi) is 5.20. The van der Waals surface area contributed by atoms with Crippen LogP contribution < -0.4 is 10.2 Å². The number of anilines is 1. The molecule has 3 aromatic rings. The Morgan fingerprint density at radius 1 is 1.06 bits per heavy atom. The highest BCUT2D eigenvalue weighted by Crippen LogP contribution is 2.31. The molecule has 32 heavy (non-hydrogen) atoms. The number of likely N-dealkylation sites (tertiary alicyclic amines) is 1. The number of piperidine rings is 1. The Morgan fingerprint density at radius 3 is 2.53 bits per heavy atom. The summed E-state index contributed by atoms with van der Waals surface area (Å²) in [5.74, 6) is -0.385. The number of nitrogens with one attached hydrogen (secondary N) is 2. The van der Waals surface area contributed by atoms with Crippen LogP contribution in [0.15, 0.2) is 42.5 Å². The van der Waals surface area contributed by atoms with Gasteiger partial charge in [0.05, 0.1) is 0 Å². The average Bonchev–Trinajstić information content (AvgIpc) is 3.17. The van der Waals surface area contributed by atoms with Crippen LogP contribution in [0.4, 0.5) is 14.9 Å². The first kappa shape index (κ1) is 20.4. The Balaban J connectivity index is 1.33. The molecule has 0 bridgehead atoms. The molecule has 2 aliphatic heterocycles. The van der Waals surface area contributed by atoms with E-state index in [1.807, 2.05) is 18.2 Å². The molecule has 0 unspecified atom stereocenters. The van der Waals surface area contributed by atoms with Gasteiger partial charge >= 0.3 is 6.09 Å². The zero-order chi connectivity index (χ0) is 22.2. The summed E-state index contributed by atoms with van der Waals surface area (Å²) in [5, 5.41) is 13.2. The number of benzene rings is 2. The largest absolute Gasteiger partial charge is 0.465 e. The maximum atomic E-state index is 13.3. The maximum Gasteiger partial charge on any atom is 0.407 e. The number of aromatic nitrogens is 1. The quantitative estimate of drug-likeness (QED) is 0.584. The number of hydrogen-bond acceptors (Lipinski definition) is 3. The lowest BCUT2D eigenvalue weighted by Gasteiger charge is -2.30. The molecule has 5 rings (SSSR count). The summed E-state index contributed by atoms with van der Waals surface area (Å²) < 4.78 is 13.3. The van der Waals surface area contributed by atoms with Gasteiger partial charge in [-0.25, -0.2) is 9.18 Å². The minimum absolute atomic E-state index is 0.0251. The Morgan fingerprint density at radius 2 is 1.81 bits per heavy atom. The number of hydrogen-bond donors (Lipinski definition) is 3. The van der Waals surface area contributed by atoms with E-state index in [-0.39, 0.29) is 17.8 Å². The molecule has 0 saturated carbocycles. The van der Waals surface area contributed by atoms with E-state index in [0.717, 1.165) is 29.6 Å². The molecule has 2 aliphatic rings. The number of carbonyl (C=O) groups excluding carboxylic acids is 1. The van der Waals surface area contributed by atoms with Gasteiger partial charge in [0.15, 0.2) is 0 Å². The first-order valence-corrected chi connectivity index (χ1v) is 10.9. The Bertz CT molecular complexity index is 1170. The van der Waals surface area contributed by atoms with Crippen LogP contribution >= 0.6 is 0 Å². The first-order chi connectivity index (χ1) is 15.5. The van der Waals surface area contributed by atoms with Crippen molar-refractivity contribution in [1.82, 2.24) is 15.2 Å². The van der Waals surface area contributed by atoms with E-state index in [0.29, 0.717) is 38.0 Å². The third-order valence-electron chi connectivity index (χ3n) is 6.53. The summed E-state index contributed by atoms with van der Waals surface area (Å²) in [5.41, 5.74) is 4.92. The van der Waals surface area contributed by atoms with E-state index in [1.165, 1.54) is 28.3 Å². The Hall–Kier alpha value is -3.55. The molecule has 1 fully saturated rings. The van der Waals surface area contributed by atoms with Gasteiger partial charge in [-0.05, 0) is 55.3 Å². The molecule has 3 heterocycles. The summed E-state index contributed by atoms with van der Waals surface area (Å²) in [6, 6.07) is 12.2. The molecular weight excluding hydrogens is 411 g/mol. The summed E-state index contributed by atoms with van der Waals surface area (Å²) in [6.45, 7) is 2.40. The molecule has 0 spiro atoms. The molecular formula is C24H25FN4O3. The van der Waals surface area contributed by atoms with Crippen molar-refractivity contribution in [2.45, 2.75) is 31.8 Å². The third kappa shape index (κ3) is 3.88. The van der Waals surface area contributed by atoms with Gasteiger partial charge in [-0.1, -0.05) is 0 Å². The summed E-state index contributed by atoms with van der Waals surface area (Å²) >= 11 is 0. The number of aromatic amines is 1. The maximum absolute atomic E-state index is 13.3. The lowest BCUT2D eigenvalue weighted by molar-refractivity contribution is 0.0907. The molecule has 1 saturated heterocycles. The van der Waals surface area contributed by atoms with Gasteiger partial charge in [0.25, 0.3) is 5.91 Å². The number of carboxylic acid groups (broad SMARTS) is 1. The summed E-state index contributed by atoms with van der Waals surface area (Å²) in [4.78, 5) is 31.0. The molecule has 0 atom stereocenters. The van der Waals surface area contributed by atoms with Crippen molar-refractivity contribution >= 4 is 28.6 Å². The molecule has 0 radical (unpaired) electrons. The minimum Gasteiger partial charge on any atom is -0.465 e. The molecule has 166 valence electrons. The van der Waals surface area contributed by atoms with Crippen molar-refractivity contribution in [2.75, 3.05) is 24.5 Å². The second-order valence-corrected chi connectivity index (χ2v) is 8.51.